The molecule has 0 N–H and O–H groups in total. The second-order valence-corrected chi connectivity index (χ2v) is 6.52. The summed E-state index contributed by atoms with van der Waals surface area (Å²) in [4.78, 5) is 0.372. The van der Waals surface area contributed by atoms with Crippen molar-refractivity contribution < 1.29 is 8.42 Å². The minimum Gasteiger partial charge on any atom is -0.223 e. The Labute approximate surface area is 110 Å². The SMILES string of the molecule is C=CCCCC(C=C)S(=O)(=O)c1ccc(C)cc1. The van der Waals surface area contributed by atoms with Gasteiger partial charge >= 0.3 is 0 Å². The molecule has 0 aliphatic rings. The van der Waals surface area contributed by atoms with Crippen LogP contribution < -0.4 is 0 Å². The molecule has 0 amide bonds. The standard InChI is InChI=1S/C15H20O2S/c1-4-6-7-8-14(5-2)18(16,17)15-11-9-13(3)10-12-15/h4-5,9-12,14H,1-2,6-8H2,3H3. The molecule has 3 heteroatoms. The summed E-state index contributed by atoms with van der Waals surface area (Å²) < 4.78 is 24.7. The second kappa shape index (κ2) is 6.55. The molecular formula is C15H20O2S. The van der Waals surface area contributed by atoms with E-state index in [1.54, 1.807) is 18.2 Å². The van der Waals surface area contributed by atoms with Gasteiger partial charge < -0.3 is 0 Å². The smallest absolute Gasteiger partial charge is 0.184 e. The normalized spacial score (nSPS) is 12.9. The van der Waals surface area contributed by atoms with Crippen molar-refractivity contribution in [1.29, 1.82) is 0 Å². The van der Waals surface area contributed by atoms with E-state index in [1.807, 2.05) is 19.1 Å². The fourth-order valence-electron chi connectivity index (χ4n) is 1.77. The van der Waals surface area contributed by atoms with Crippen LogP contribution in [0, 0.1) is 6.92 Å². The molecule has 2 nitrogen and oxygen atoms in total. The van der Waals surface area contributed by atoms with Gasteiger partial charge in [-0.15, -0.1) is 13.2 Å². The molecule has 0 aromatic heterocycles. The van der Waals surface area contributed by atoms with Crippen LogP contribution in [-0.4, -0.2) is 13.7 Å². The van der Waals surface area contributed by atoms with Crippen molar-refractivity contribution in [3.05, 3.63) is 55.1 Å². The van der Waals surface area contributed by atoms with Crippen molar-refractivity contribution in [2.75, 3.05) is 0 Å². The molecule has 1 rings (SSSR count). The highest BCUT2D eigenvalue weighted by Gasteiger charge is 2.23. The van der Waals surface area contributed by atoms with Crippen molar-refractivity contribution in [2.45, 2.75) is 36.3 Å². The Morgan fingerprint density at radius 1 is 1.22 bits per heavy atom. The fraction of sp³-hybridized carbons (Fsp3) is 0.333. The van der Waals surface area contributed by atoms with Crippen LogP contribution in [0.2, 0.25) is 0 Å². The molecule has 18 heavy (non-hydrogen) atoms. The van der Waals surface area contributed by atoms with Crippen LogP contribution in [0.3, 0.4) is 0 Å². The molecule has 0 fully saturated rings. The summed E-state index contributed by atoms with van der Waals surface area (Å²) in [6.45, 7) is 9.22. The largest absolute Gasteiger partial charge is 0.223 e. The van der Waals surface area contributed by atoms with Gasteiger partial charge in [0, 0.05) is 0 Å². The molecular weight excluding hydrogens is 244 g/mol. The maximum absolute atomic E-state index is 12.4. The van der Waals surface area contributed by atoms with Crippen LogP contribution in [0.1, 0.15) is 24.8 Å². The number of allylic oxidation sites excluding steroid dienone is 1. The van der Waals surface area contributed by atoms with Gasteiger partial charge in [0.2, 0.25) is 0 Å². The van der Waals surface area contributed by atoms with Crippen molar-refractivity contribution in [2.24, 2.45) is 0 Å². The molecule has 1 unspecified atom stereocenters. The molecule has 0 aliphatic carbocycles. The van der Waals surface area contributed by atoms with Gasteiger partial charge in [-0.2, -0.15) is 0 Å². The molecule has 0 saturated carbocycles. The van der Waals surface area contributed by atoms with Crippen LogP contribution >= 0.6 is 0 Å². The predicted molar refractivity (Wildman–Crippen MR) is 76.4 cm³/mol. The number of aryl methyl sites for hydroxylation is 1. The molecule has 0 spiro atoms. The summed E-state index contributed by atoms with van der Waals surface area (Å²) in [6.07, 6.45) is 5.56. The van der Waals surface area contributed by atoms with E-state index in [-0.39, 0.29) is 0 Å². The van der Waals surface area contributed by atoms with E-state index in [1.165, 1.54) is 6.08 Å². The Kier molecular flexibility index (Phi) is 5.35. The van der Waals surface area contributed by atoms with Crippen molar-refractivity contribution in [1.82, 2.24) is 0 Å². The maximum Gasteiger partial charge on any atom is 0.184 e. The number of hydrogen-bond acceptors (Lipinski definition) is 2. The molecule has 1 aromatic carbocycles. The summed E-state index contributed by atoms with van der Waals surface area (Å²) in [5, 5.41) is -0.514. The lowest BCUT2D eigenvalue weighted by Crippen LogP contribution is -2.19. The van der Waals surface area contributed by atoms with Crippen LogP contribution in [-0.2, 0) is 9.84 Å². The van der Waals surface area contributed by atoms with Gasteiger partial charge in [-0.1, -0.05) is 29.8 Å². The molecule has 0 saturated heterocycles. The van der Waals surface area contributed by atoms with Crippen molar-refractivity contribution in [3.63, 3.8) is 0 Å². The molecule has 1 aromatic rings. The Balaban J connectivity index is 2.92. The van der Waals surface area contributed by atoms with E-state index >= 15 is 0 Å². The lowest BCUT2D eigenvalue weighted by atomic mass is 10.2. The van der Waals surface area contributed by atoms with Crippen LogP contribution in [0.25, 0.3) is 0 Å². The first-order valence-corrected chi connectivity index (χ1v) is 7.61. The molecule has 0 aliphatic heterocycles. The first-order chi connectivity index (χ1) is 8.52. The zero-order valence-corrected chi connectivity index (χ0v) is 11.6. The highest BCUT2D eigenvalue weighted by atomic mass is 32.2. The van der Waals surface area contributed by atoms with Crippen LogP contribution in [0.5, 0.6) is 0 Å². The third kappa shape index (κ3) is 3.57. The number of hydrogen-bond donors (Lipinski definition) is 0. The molecule has 0 bridgehead atoms. The quantitative estimate of drug-likeness (QED) is 0.556. The summed E-state index contributed by atoms with van der Waals surface area (Å²) in [5.41, 5.74) is 1.05. The average Bonchev–Trinajstić information content (AvgIpc) is 2.35. The van der Waals surface area contributed by atoms with Crippen LogP contribution in [0.4, 0.5) is 0 Å². The minimum absolute atomic E-state index is 0.372. The van der Waals surface area contributed by atoms with Crippen molar-refractivity contribution >= 4 is 9.84 Å². The van der Waals surface area contributed by atoms with Gasteiger partial charge in [0.05, 0.1) is 10.1 Å². The first-order valence-electron chi connectivity index (χ1n) is 6.06. The fourth-order valence-corrected chi connectivity index (χ4v) is 3.36. The topological polar surface area (TPSA) is 34.1 Å². The molecule has 1 atom stereocenters. The summed E-state index contributed by atoms with van der Waals surface area (Å²) in [6, 6.07) is 6.96. The Bertz CT molecular complexity index is 498. The highest BCUT2D eigenvalue weighted by molar-refractivity contribution is 7.92. The summed E-state index contributed by atoms with van der Waals surface area (Å²) in [7, 11) is -3.30. The third-order valence-electron chi connectivity index (χ3n) is 2.91. The monoisotopic (exact) mass is 264 g/mol. The van der Waals surface area contributed by atoms with Gasteiger partial charge in [0.1, 0.15) is 0 Å². The summed E-state index contributed by atoms with van der Waals surface area (Å²) >= 11 is 0. The molecule has 0 heterocycles. The van der Waals surface area contributed by atoms with E-state index in [0.717, 1.165) is 18.4 Å². The molecule has 98 valence electrons. The lowest BCUT2D eigenvalue weighted by molar-refractivity contribution is 0.581. The van der Waals surface area contributed by atoms with Gasteiger partial charge in [-0.3, -0.25) is 0 Å². The maximum atomic E-state index is 12.4. The van der Waals surface area contributed by atoms with Gasteiger partial charge in [-0.25, -0.2) is 8.42 Å². The van der Waals surface area contributed by atoms with E-state index in [0.29, 0.717) is 11.3 Å². The van der Waals surface area contributed by atoms with E-state index in [4.69, 9.17) is 0 Å². The zero-order chi connectivity index (χ0) is 13.6. The number of sulfone groups is 1. The Morgan fingerprint density at radius 2 is 1.83 bits per heavy atom. The van der Waals surface area contributed by atoms with E-state index in [9.17, 15) is 8.42 Å². The lowest BCUT2D eigenvalue weighted by Gasteiger charge is -2.13. The van der Waals surface area contributed by atoms with Crippen molar-refractivity contribution in [3.8, 4) is 0 Å². The Hall–Kier alpha value is -1.35. The Morgan fingerprint density at radius 3 is 2.33 bits per heavy atom. The average molecular weight is 264 g/mol. The first kappa shape index (κ1) is 14.7. The number of rotatable bonds is 7. The van der Waals surface area contributed by atoms with E-state index < -0.39 is 15.1 Å². The van der Waals surface area contributed by atoms with E-state index in [2.05, 4.69) is 13.2 Å². The second-order valence-electron chi connectivity index (χ2n) is 4.35. The zero-order valence-electron chi connectivity index (χ0n) is 10.8. The summed E-state index contributed by atoms with van der Waals surface area (Å²) in [5.74, 6) is 0. The van der Waals surface area contributed by atoms with Gasteiger partial charge in [0.25, 0.3) is 0 Å². The number of unbranched alkanes of at least 4 members (excludes halogenated alkanes) is 1. The predicted octanol–water partition coefficient (Wildman–Crippen LogP) is 3.68. The highest BCUT2D eigenvalue weighted by Crippen LogP contribution is 2.21. The number of benzene rings is 1. The molecule has 0 radical (unpaired) electrons. The minimum atomic E-state index is -3.30. The van der Waals surface area contributed by atoms with Gasteiger partial charge in [0.15, 0.2) is 9.84 Å². The third-order valence-corrected chi connectivity index (χ3v) is 5.06. The van der Waals surface area contributed by atoms with Gasteiger partial charge in [-0.05, 0) is 38.3 Å². The van der Waals surface area contributed by atoms with Crippen LogP contribution in [0.15, 0.2) is 54.5 Å².